The molecule has 0 spiro atoms. The lowest BCUT2D eigenvalue weighted by Gasteiger charge is -2.48. The maximum absolute atomic E-state index is 13.5. The third-order valence-corrected chi connectivity index (χ3v) is 6.15. The van der Waals surface area contributed by atoms with Crippen LogP contribution in [0.3, 0.4) is 0 Å². The Labute approximate surface area is 173 Å². The molecule has 2 fully saturated rings. The minimum atomic E-state index is -0.148. The number of rotatable bonds is 4. The summed E-state index contributed by atoms with van der Waals surface area (Å²) in [5.41, 5.74) is 2.94. The normalized spacial score (nSPS) is 18.8. The highest BCUT2D eigenvalue weighted by Gasteiger charge is 2.36. The molecule has 2 aromatic rings. The Balaban J connectivity index is 1.52. The molecule has 0 N–H and O–H groups in total. The van der Waals surface area contributed by atoms with Crippen LogP contribution < -0.4 is 14.5 Å². The van der Waals surface area contributed by atoms with Crippen LogP contribution in [0.4, 0.5) is 11.4 Å². The van der Waals surface area contributed by atoms with Crippen LogP contribution >= 0.6 is 0 Å². The first-order chi connectivity index (χ1) is 14.0. The van der Waals surface area contributed by atoms with Crippen molar-refractivity contribution in [3.05, 3.63) is 54.1 Å². The van der Waals surface area contributed by atoms with E-state index in [2.05, 4.69) is 41.8 Å². The van der Waals surface area contributed by atoms with Gasteiger partial charge in [-0.2, -0.15) is 0 Å². The maximum atomic E-state index is 13.5. The number of anilines is 2. The summed E-state index contributed by atoms with van der Waals surface area (Å²) in [6.07, 6.45) is 2.41. The van der Waals surface area contributed by atoms with Gasteiger partial charge in [0, 0.05) is 44.1 Å². The van der Waals surface area contributed by atoms with E-state index < -0.39 is 0 Å². The molecule has 5 nitrogen and oxygen atoms in total. The molecule has 0 aromatic heterocycles. The van der Waals surface area contributed by atoms with E-state index >= 15 is 0 Å². The van der Waals surface area contributed by atoms with Gasteiger partial charge in [-0.25, -0.2) is 0 Å². The van der Waals surface area contributed by atoms with Crippen molar-refractivity contribution in [3.8, 4) is 5.75 Å². The lowest BCUT2D eigenvalue weighted by atomic mass is 9.96. The average Bonchev–Trinajstić information content (AvgIpc) is 3.27. The quantitative estimate of drug-likeness (QED) is 0.786. The largest absolute Gasteiger partial charge is 0.497 e. The highest BCUT2D eigenvalue weighted by atomic mass is 16.5. The molecule has 0 saturated carbocycles. The highest BCUT2D eigenvalue weighted by molar-refractivity contribution is 6.00. The number of hydrogen-bond donors (Lipinski definition) is 0. The molecule has 2 saturated heterocycles. The lowest BCUT2D eigenvalue weighted by molar-refractivity contribution is 0.0687. The van der Waals surface area contributed by atoms with E-state index in [1.54, 1.807) is 7.11 Å². The Bertz CT molecular complexity index is 857. The molecule has 1 amide bonds. The molecule has 154 valence electrons. The number of amides is 1. The summed E-state index contributed by atoms with van der Waals surface area (Å²) < 4.78 is 5.28. The number of methoxy groups -OCH3 is 1. The molecule has 2 aliphatic heterocycles. The first kappa shape index (κ1) is 19.6. The first-order valence-corrected chi connectivity index (χ1v) is 10.5. The number of benzene rings is 2. The topological polar surface area (TPSA) is 36.0 Å². The fraction of sp³-hybridized carbons (Fsp3) is 0.458. The van der Waals surface area contributed by atoms with Gasteiger partial charge in [0.05, 0.1) is 18.2 Å². The molecule has 29 heavy (non-hydrogen) atoms. The van der Waals surface area contributed by atoms with Gasteiger partial charge in [-0.15, -0.1) is 0 Å². The van der Waals surface area contributed by atoms with E-state index in [1.807, 2.05) is 35.2 Å². The fourth-order valence-corrected chi connectivity index (χ4v) is 4.63. The van der Waals surface area contributed by atoms with Gasteiger partial charge in [-0.05, 0) is 63.1 Å². The van der Waals surface area contributed by atoms with Gasteiger partial charge < -0.3 is 19.4 Å². The van der Waals surface area contributed by atoms with Crippen LogP contribution in [0.5, 0.6) is 5.75 Å². The van der Waals surface area contributed by atoms with E-state index in [4.69, 9.17) is 4.74 Å². The average molecular weight is 394 g/mol. The molecule has 0 radical (unpaired) electrons. The minimum Gasteiger partial charge on any atom is -0.497 e. The van der Waals surface area contributed by atoms with Gasteiger partial charge in [-0.1, -0.05) is 12.1 Å². The van der Waals surface area contributed by atoms with Gasteiger partial charge in [0.15, 0.2) is 0 Å². The van der Waals surface area contributed by atoms with Crippen molar-refractivity contribution in [2.75, 3.05) is 49.6 Å². The predicted molar refractivity (Wildman–Crippen MR) is 118 cm³/mol. The second-order valence-electron chi connectivity index (χ2n) is 8.60. The number of para-hydroxylation sites is 1. The van der Waals surface area contributed by atoms with Gasteiger partial charge >= 0.3 is 0 Å². The smallest absolute Gasteiger partial charge is 0.256 e. The molecule has 4 rings (SSSR count). The summed E-state index contributed by atoms with van der Waals surface area (Å²) in [6, 6.07) is 16.3. The van der Waals surface area contributed by atoms with E-state index in [0.29, 0.717) is 6.54 Å². The van der Waals surface area contributed by atoms with Gasteiger partial charge in [0.1, 0.15) is 5.75 Å². The van der Waals surface area contributed by atoms with E-state index in [9.17, 15) is 4.79 Å². The Hall–Kier alpha value is -2.69. The number of carbonyl (C=O) groups excluding carboxylic acids is 1. The molecular weight excluding hydrogens is 362 g/mol. The van der Waals surface area contributed by atoms with Crippen molar-refractivity contribution in [1.82, 2.24) is 4.90 Å². The van der Waals surface area contributed by atoms with Crippen molar-refractivity contribution >= 4 is 17.3 Å². The second kappa shape index (κ2) is 7.97. The summed E-state index contributed by atoms with van der Waals surface area (Å²) in [6.45, 7) is 8.75. The molecule has 2 aliphatic rings. The SMILES string of the molecule is COc1ccc(N2CCN(C(=O)c3ccccc3N3CCCC3)CC2(C)C)cc1. The van der Waals surface area contributed by atoms with Crippen LogP contribution in [0.2, 0.25) is 0 Å². The number of nitrogens with zero attached hydrogens (tertiary/aromatic N) is 3. The summed E-state index contributed by atoms with van der Waals surface area (Å²) in [4.78, 5) is 20.2. The van der Waals surface area contributed by atoms with Crippen LogP contribution in [-0.4, -0.2) is 56.2 Å². The summed E-state index contributed by atoms with van der Waals surface area (Å²) in [5.74, 6) is 1.01. The van der Waals surface area contributed by atoms with Crippen molar-refractivity contribution in [3.63, 3.8) is 0 Å². The van der Waals surface area contributed by atoms with Crippen LogP contribution in [0.25, 0.3) is 0 Å². The Morgan fingerprint density at radius 3 is 2.28 bits per heavy atom. The Kier molecular flexibility index (Phi) is 5.39. The molecule has 0 atom stereocenters. The number of ether oxygens (including phenoxy) is 1. The summed E-state index contributed by atoms with van der Waals surface area (Å²) >= 11 is 0. The predicted octanol–water partition coefficient (Wildman–Crippen LogP) is 4.04. The molecule has 5 heteroatoms. The molecule has 0 unspecified atom stereocenters. The van der Waals surface area contributed by atoms with E-state index in [0.717, 1.165) is 43.2 Å². The standard InChI is InChI=1S/C24H31N3O2/c1-24(2)18-26(16-17-27(24)19-10-12-20(29-3)13-11-19)23(28)21-8-4-5-9-22(21)25-14-6-7-15-25/h4-5,8-13H,6-7,14-18H2,1-3H3. The second-order valence-corrected chi connectivity index (χ2v) is 8.60. The number of carbonyl (C=O) groups is 1. The monoisotopic (exact) mass is 393 g/mol. The van der Waals surface area contributed by atoms with Gasteiger partial charge in [0.2, 0.25) is 0 Å². The Morgan fingerprint density at radius 1 is 0.931 bits per heavy atom. The van der Waals surface area contributed by atoms with Crippen molar-refractivity contribution in [1.29, 1.82) is 0 Å². The fourth-order valence-electron chi connectivity index (χ4n) is 4.63. The Morgan fingerprint density at radius 2 is 1.62 bits per heavy atom. The summed E-state index contributed by atoms with van der Waals surface area (Å²) in [7, 11) is 1.68. The van der Waals surface area contributed by atoms with Gasteiger partial charge in [0.25, 0.3) is 5.91 Å². The molecule has 0 aliphatic carbocycles. The lowest BCUT2D eigenvalue weighted by Crippen LogP contribution is -2.60. The van der Waals surface area contributed by atoms with Crippen LogP contribution in [-0.2, 0) is 0 Å². The third-order valence-electron chi connectivity index (χ3n) is 6.15. The van der Waals surface area contributed by atoms with Crippen LogP contribution in [0, 0.1) is 0 Å². The maximum Gasteiger partial charge on any atom is 0.256 e. The zero-order valence-corrected chi connectivity index (χ0v) is 17.7. The molecule has 2 aromatic carbocycles. The van der Waals surface area contributed by atoms with Crippen molar-refractivity contribution in [2.45, 2.75) is 32.2 Å². The first-order valence-electron chi connectivity index (χ1n) is 10.5. The number of hydrogen-bond acceptors (Lipinski definition) is 4. The molecule has 0 bridgehead atoms. The van der Waals surface area contributed by atoms with Crippen molar-refractivity contribution in [2.24, 2.45) is 0 Å². The zero-order chi connectivity index (χ0) is 20.4. The third kappa shape index (κ3) is 3.91. The van der Waals surface area contributed by atoms with Crippen LogP contribution in [0.1, 0.15) is 37.0 Å². The highest BCUT2D eigenvalue weighted by Crippen LogP contribution is 2.31. The summed E-state index contributed by atoms with van der Waals surface area (Å²) in [5, 5.41) is 0. The van der Waals surface area contributed by atoms with Crippen molar-refractivity contribution < 1.29 is 9.53 Å². The zero-order valence-electron chi connectivity index (χ0n) is 17.7. The molecule has 2 heterocycles. The van der Waals surface area contributed by atoms with E-state index in [1.165, 1.54) is 18.5 Å². The van der Waals surface area contributed by atoms with E-state index in [-0.39, 0.29) is 11.4 Å². The number of piperazine rings is 1. The van der Waals surface area contributed by atoms with Gasteiger partial charge in [-0.3, -0.25) is 4.79 Å². The van der Waals surface area contributed by atoms with Crippen LogP contribution in [0.15, 0.2) is 48.5 Å². The minimum absolute atomic E-state index is 0.148. The molecular formula is C24H31N3O2.